The Bertz CT molecular complexity index is 392. The highest BCUT2D eigenvalue weighted by Crippen LogP contribution is 2.48. The van der Waals surface area contributed by atoms with Gasteiger partial charge in [-0.2, -0.15) is 0 Å². The Labute approximate surface area is 126 Å². The number of hydrogen-bond donors (Lipinski definition) is 2. The molecule has 3 fully saturated rings. The Morgan fingerprint density at radius 2 is 1.76 bits per heavy atom. The quantitative estimate of drug-likeness (QED) is 0.790. The first-order valence-corrected chi connectivity index (χ1v) is 8.41. The second-order valence-corrected chi connectivity index (χ2v) is 6.97. The van der Waals surface area contributed by atoms with Gasteiger partial charge in [0.1, 0.15) is 0 Å². The van der Waals surface area contributed by atoms with Gasteiger partial charge in [0.2, 0.25) is 0 Å². The first-order valence-electron chi connectivity index (χ1n) is 8.41. The third kappa shape index (κ3) is 3.89. The molecule has 1 saturated heterocycles. The summed E-state index contributed by atoms with van der Waals surface area (Å²) in [6.07, 6.45) is 8.18. The fraction of sp³-hybridized carbons (Fsp3) is 0.875. The molecule has 1 unspecified atom stereocenters. The third-order valence-corrected chi connectivity index (χ3v) is 5.24. The van der Waals surface area contributed by atoms with E-state index in [9.17, 15) is 9.59 Å². The zero-order chi connectivity index (χ0) is 14.8. The maximum atomic E-state index is 12.4. The SMILES string of the molecule is O=C(O)CC1CCCCN1C(=O)NCC(C1CC1)C1CC1. The number of amides is 2. The summed E-state index contributed by atoms with van der Waals surface area (Å²) in [6.45, 7) is 1.48. The standard InChI is InChI=1S/C16H26N2O3/c19-15(20)9-13-3-1-2-8-18(13)16(21)17-10-14(11-4-5-11)12-6-7-12/h11-14H,1-10H2,(H,17,21)(H,19,20). The topological polar surface area (TPSA) is 69.6 Å². The van der Waals surface area contributed by atoms with Crippen molar-refractivity contribution >= 4 is 12.0 Å². The van der Waals surface area contributed by atoms with Gasteiger partial charge < -0.3 is 15.3 Å². The van der Waals surface area contributed by atoms with Crippen LogP contribution in [-0.2, 0) is 4.79 Å². The lowest BCUT2D eigenvalue weighted by atomic mass is 9.97. The van der Waals surface area contributed by atoms with Crippen molar-refractivity contribution in [2.24, 2.45) is 17.8 Å². The number of hydrogen-bond acceptors (Lipinski definition) is 2. The Morgan fingerprint density at radius 1 is 1.10 bits per heavy atom. The van der Waals surface area contributed by atoms with Gasteiger partial charge in [0.15, 0.2) is 0 Å². The van der Waals surface area contributed by atoms with Crippen molar-refractivity contribution in [3.8, 4) is 0 Å². The van der Waals surface area contributed by atoms with Crippen LogP contribution in [0, 0.1) is 17.8 Å². The normalized spacial score (nSPS) is 26.0. The average Bonchev–Trinajstić information content (AvgIpc) is 3.32. The number of aliphatic carboxylic acids is 1. The molecule has 0 spiro atoms. The van der Waals surface area contributed by atoms with Crippen LogP contribution >= 0.6 is 0 Å². The largest absolute Gasteiger partial charge is 0.481 e. The lowest BCUT2D eigenvalue weighted by Gasteiger charge is -2.35. The summed E-state index contributed by atoms with van der Waals surface area (Å²) in [5.41, 5.74) is 0. The third-order valence-electron chi connectivity index (χ3n) is 5.24. The molecule has 3 rings (SSSR count). The summed E-state index contributed by atoms with van der Waals surface area (Å²) in [4.78, 5) is 25.1. The molecule has 0 aromatic rings. The summed E-state index contributed by atoms with van der Waals surface area (Å²) in [5.74, 6) is 1.51. The predicted octanol–water partition coefficient (Wildman–Crippen LogP) is 2.46. The van der Waals surface area contributed by atoms with Crippen LogP contribution in [-0.4, -0.2) is 41.1 Å². The summed E-state index contributed by atoms with van der Waals surface area (Å²) in [5, 5.41) is 12.1. The molecular formula is C16H26N2O3. The molecule has 2 amide bonds. The van der Waals surface area contributed by atoms with Crippen LogP contribution in [0.25, 0.3) is 0 Å². The lowest BCUT2D eigenvalue weighted by Crippen LogP contribution is -2.50. The van der Waals surface area contributed by atoms with E-state index in [0.717, 1.165) is 37.6 Å². The lowest BCUT2D eigenvalue weighted by molar-refractivity contribution is -0.138. The number of nitrogens with one attached hydrogen (secondary N) is 1. The van der Waals surface area contributed by atoms with Crippen molar-refractivity contribution < 1.29 is 14.7 Å². The van der Waals surface area contributed by atoms with E-state index >= 15 is 0 Å². The molecule has 0 aromatic heterocycles. The van der Waals surface area contributed by atoms with E-state index in [1.54, 1.807) is 4.90 Å². The van der Waals surface area contributed by atoms with E-state index in [1.165, 1.54) is 25.7 Å². The molecule has 0 bridgehead atoms. The first kappa shape index (κ1) is 14.7. The zero-order valence-corrected chi connectivity index (χ0v) is 12.6. The molecule has 21 heavy (non-hydrogen) atoms. The van der Waals surface area contributed by atoms with Gasteiger partial charge in [-0.25, -0.2) is 4.79 Å². The molecule has 1 aliphatic heterocycles. The van der Waals surface area contributed by atoms with Gasteiger partial charge in [0, 0.05) is 19.1 Å². The van der Waals surface area contributed by atoms with Gasteiger partial charge >= 0.3 is 12.0 Å². The Morgan fingerprint density at radius 3 is 2.33 bits per heavy atom. The van der Waals surface area contributed by atoms with Gasteiger partial charge in [0.25, 0.3) is 0 Å². The molecule has 2 saturated carbocycles. The monoisotopic (exact) mass is 294 g/mol. The number of carboxylic acid groups (broad SMARTS) is 1. The van der Waals surface area contributed by atoms with Crippen LogP contribution in [0.3, 0.4) is 0 Å². The number of urea groups is 1. The number of carbonyl (C=O) groups is 2. The molecular weight excluding hydrogens is 268 g/mol. The van der Waals surface area contributed by atoms with Crippen LogP contribution in [0.4, 0.5) is 4.79 Å². The number of rotatable bonds is 6. The van der Waals surface area contributed by atoms with E-state index in [-0.39, 0.29) is 18.5 Å². The van der Waals surface area contributed by atoms with Gasteiger partial charge in [-0.3, -0.25) is 4.79 Å². The minimum atomic E-state index is -0.812. The maximum Gasteiger partial charge on any atom is 0.317 e. The molecule has 1 heterocycles. The number of piperidine rings is 1. The van der Waals surface area contributed by atoms with E-state index in [0.29, 0.717) is 12.5 Å². The summed E-state index contributed by atoms with van der Waals surface area (Å²) in [7, 11) is 0. The van der Waals surface area contributed by atoms with Crippen molar-refractivity contribution in [1.82, 2.24) is 10.2 Å². The molecule has 1 atom stereocenters. The van der Waals surface area contributed by atoms with E-state index in [4.69, 9.17) is 5.11 Å². The zero-order valence-electron chi connectivity index (χ0n) is 12.6. The fourth-order valence-corrected chi connectivity index (χ4v) is 3.76. The Hall–Kier alpha value is -1.26. The molecule has 3 aliphatic rings. The molecule has 0 aromatic carbocycles. The molecule has 5 nitrogen and oxygen atoms in total. The predicted molar refractivity (Wildman–Crippen MR) is 78.9 cm³/mol. The number of likely N-dealkylation sites (tertiary alicyclic amines) is 1. The summed E-state index contributed by atoms with van der Waals surface area (Å²) in [6, 6.07) is -0.177. The number of carboxylic acids is 1. The fourth-order valence-electron chi connectivity index (χ4n) is 3.76. The Kier molecular flexibility index (Phi) is 4.36. The van der Waals surface area contributed by atoms with Crippen LogP contribution in [0.2, 0.25) is 0 Å². The van der Waals surface area contributed by atoms with E-state index < -0.39 is 5.97 Å². The van der Waals surface area contributed by atoms with E-state index in [2.05, 4.69) is 5.32 Å². The second kappa shape index (κ2) is 6.24. The van der Waals surface area contributed by atoms with Gasteiger partial charge in [0.05, 0.1) is 6.42 Å². The summed E-state index contributed by atoms with van der Waals surface area (Å²) >= 11 is 0. The minimum Gasteiger partial charge on any atom is -0.481 e. The summed E-state index contributed by atoms with van der Waals surface area (Å²) < 4.78 is 0. The minimum absolute atomic E-state index is 0.0488. The van der Waals surface area contributed by atoms with Gasteiger partial charge in [-0.1, -0.05) is 0 Å². The smallest absolute Gasteiger partial charge is 0.317 e. The number of carbonyl (C=O) groups excluding carboxylic acids is 1. The van der Waals surface area contributed by atoms with Gasteiger partial charge in [-0.15, -0.1) is 0 Å². The van der Waals surface area contributed by atoms with Crippen molar-refractivity contribution in [1.29, 1.82) is 0 Å². The highest BCUT2D eigenvalue weighted by Gasteiger charge is 2.41. The molecule has 2 N–H and O–H groups in total. The molecule has 118 valence electrons. The van der Waals surface area contributed by atoms with Crippen molar-refractivity contribution in [2.75, 3.05) is 13.1 Å². The van der Waals surface area contributed by atoms with Crippen molar-refractivity contribution in [3.63, 3.8) is 0 Å². The van der Waals surface area contributed by atoms with Crippen LogP contribution < -0.4 is 5.32 Å². The van der Waals surface area contributed by atoms with Crippen molar-refractivity contribution in [3.05, 3.63) is 0 Å². The number of nitrogens with zero attached hydrogens (tertiary/aromatic N) is 1. The van der Waals surface area contributed by atoms with Crippen molar-refractivity contribution in [2.45, 2.75) is 57.4 Å². The molecule has 5 heteroatoms. The highest BCUT2D eigenvalue weighted by atomic mass is 16.4. The first-order chi connectivity index (χ1) is 10.1. The van der Waals surface area contributed by atoms with Crippen LogP contribution in [0.1, 0.15) is 51.4 Å². The second-order valence-electron chi connectivity index (χ2n) is 6.97. The van der Waals surface area contributed by atoms with Gasteiger partial charge in [-0.05, 0) is 62.7 Å². The Balaban J connectivity index is 1.51. The van der Waals surface area contributed by atoms with Crippen LogP contribution in [0.5, 0.6) is 0 Å². The molecule has 0 radical (unpaired) electrons. The van der Waals surface area contributed by atoms with Crippen LogP contribution in [0.15, 0.2) is 0 Å². The molecule has 2 aliphatic carbocycles. The maximum absolute atomic E-state index is 12.4. The highest BCUT2D eigenvalue weighted by molar-refractivity contribution is 5.76. The average molecular weight is 294 g/mol. The van der Waals surface area contributed by atoms with E-state index in [1.807, 2.05) is 0 Å².